The van der Waals surface area contributed by atoms with Gasteiger partial charge in [0.05, 0.1) is 5.54 Å². The summed E-state index contributed by atoms with van der Waals surface area (Å²) in [7, 11) is 5.17. The van der Waals surface area contributed by atoms with Gasteiger partial charge in [-0.1, -0.05) is 91.0 Å². The van der Waals surface area contributed by atoms with Gasteiger partial charge in [-0.25, -0.2) is 4.79 Å². The molecule has 1 fully saturated rings. The molecule has 0 saturated carbocycles. The van der Waals surface area contributed by atoms with Gasteiger partial charge in [0.2, 0.25) is 5.91 Å². The van der Waals surface area contributed by atoms with Crippen LogP contribution in [0.5, 0.6) is 0 Å². The molecule has 0 unspecified atom stereocenters. The minimum Gasteiger partial charge on any atom is -0.539 e. The highest BCUT2D eigenvalue weighted by Crippen LogP contribution is 2.44. The first-order valence-electron chi connectivity index (χ1n) is 11.2. The third-order valence-electron chi connectivity index (χ3n) is 6.50. The molecule has 2 aliphatic heterocycles. The van der Waals surface area contributed by atoms with Gasteiger partial charge in [-0.3, -0.25) is 15.0 Å². The van der Waals surface area contributed by atoms with Gasteiger partial charge < -0.3 is 4.65 Å². The molecule has 1 saturated heterocycles. The highest BCUT2D eigenvalue weighted by Gasteiger charge is 2.56. The van der Waals surface area contributed by atoms with E-state index in [4.69, 9.17) is 19.7 Å². The molecule has 0 spiro atoms. The number of fused-ring (bicyclic) bond motifs is 1. The molecule has 5 rings (SSSR count). The van der Waals surface area contributed by atoms with Crippen LogP contribution >= 0.6 is 23.4 Å². The topological polar surface area (TPSA) is 58.6 Å². The molecule has 0 aliphatic carbocycles. The van der Waals surface area contributed by atoms with Crippen molar-refractivity contribution in [1.29, 1.82) is 0 Å². The number of benzene rings is 3. The van der Waals surface area contributed by atoms with Crippen molar-refractivity contribution in [1.82, 2.24) is 10.2 Å². The lowest BCUT2D eigenvalue weighted by Crippen LogP contribution is -2.72. The van der Waals surface area contributed by atoms with E-state index in [9.17, 15) is 9.59 Å². The number of rotatable bonds is 7. The summed E-state index contributed by atoms with van der Waals surface area (Å²) in [5.74, 6) is -0.348. The Morgan fingerprint density at radius 2 is 1.46 bits per heavy atom. The molecule has 5 nitrogen and oxygen atoms in total. The van der Waals surface area contributed by atoms with Crippen molar-refractivity contribution in [2.45, 2.75) is 17.0 Å². The fourth-order valence-electron chi connectivity index (χ4n) is 4.88. The van der Waals surface area contributed by atoms with Gasteiger partial charge in [0.15, 0.2) is 0 Å². The van der Waals surface area contributed by atoms with Crippen molar-refractivity contribution in [3.05, 3.63) is 119 Å². The Morgan fingerprint density at radius 3 is 1.89 bits per heavy atom. The Morgan fingerprint density at radius 1 is 0.971 bits per heavy atom. The first-order chi connectivity index (χ1) is 17.1. The zero-order chi connectivity index (χ0) is 24.4. The van der Waals surface area contributed by atoms with E-state index in [1.807, 2.05) is 54.6 Å². The highest BCUT2D eigenvalue weighted by atomic mass is 35.5. The maximum Gasteiger partial charge on any atom is 0.378 e. The maximum absolute atomic E-state index is 13.6. The Bertz CT molecular complexity index is 1160. The second kappa shape index (κ2) is 9.94. The van der Waals surface area contributed by atoms with Crippen molar-refractivity contribution < 1.29 is 14.2 Å². The molecule has 0 bridgehead atoms. The molecule has 1 amide bonds. The van der Waals surface area contributed by atoms with Gasteiger partial charge in [-0.15, -0.1) is 23.4 Å². The van der Waals surface area contributed by atoms with Gasteiger partial charge in [0, 0.05) is 11.6 Å². The number of carbonyl (C=O) groups excluding carboxylic acids is 2. The minimum atomic E-state index is -0.804. The number of halogens is 1. The summed E-state index contributed by atoms with van der Waals surface area (Å²) in [6.07, 6.45) is 0. The number of carbonyl (C=O) groups is 2. The summed E-state index contributed by atoms with van der Waals surface area (Å²) in [5, 5.41) is 3.42. The van der Waals surface area contributed by atoms with E-state index in [2.05, 4.69) is 46.4 Å². The summed E-state index contributed by atoms with van der Waals surface area (Å²) >= 11 is 7.64. The normalized spacial score (nSPS) is 19.7. The zero-order valence-electron chi connectivity index (χ0n) is 18.8. The number of hydrogen-bond donors (Lipinski definition) is 1. The number of β-lactam (4-membered cyclic amide) rings is 1. The van der Waals surface area contributed by atoms with Crippen LogP contribution in [-0.4, -0.2) is 47.9 Å². The van der Waals surface area contributed by atoms with Crippen molar-refractivity contribution in [2.24, 2.45) is 0 Å². The molecule has 35 heavy (non-hydrogen) atoms. The Hall–Kier alpha value is -3.00. The molecule has 2 heterocycles. The van der Waals surface area contributed by atoms with E-state index < -0.39 is 17.6 Å². The predicted molar refractivity (Wildman–Crippen MR) is 139 cm³/mol. The summed E-state index contributed by atoms with van der Waals surface area (Å²) in [6, 6.07) is 29.7. The van der Waals surface area contributed by atoms with Crippen molar-refractivity contribution >= 4 is 43.3 Å². The highest BCUT2D eigenvalue weighted by molar-refractivity contribution is 8.00. The summed E-state index contributed by atoms with van der Waals surface area (Å²) < 4.78 is 4.49. The van der Waals surface area contributed by atoms with E-state index in [0.717, 1.165) is 16.7 Å². The van der Waals surface area contributed by atoms with Gasteiger partial charge in [0.25, 0.3) is 0 Å². The minimum absolute atomic E-state index is 0.119. The Kier molecular flexibility index (Phi) is 6.74. The fraction of sp³-hybridized carbons (Fsp3) is 0.185. The van der Waals surface area contributed by atoms with Crippen molar-refractivity contribution in [3.63, 3.8) is 0 Å². The lowest BCUT2D eigenvalue weighted by atomic mass is 9.76. The summed E-state index contributed by atoms with van der Waals surface area (Å²) in [6.45, 7) is 0. The number of amides is 1. The van der Waals surface area contributed by atoms with Crippen LogP contribution in [-0.2, 0) is 19.8 Å². The van der Waals surface area contributed by atoms with E-state index in [0.29, 0.717) is 11.3 Å². The fourth-order valence-corrected chi connectivity index (χ4v) is 6.56. The lowest BCUT2D eigenvalue weighted by Gasteiger charge is -2.53. The number of alkyl halides is 1. The molecule has 8 heteroatoms. The standard InChI is InChI=1S/C27H22BClN2O3S/c28-34-26(33)23-18(16-29)17-35-25-22(24(32)31(23)25)30-27(19-10-4-1-5-11-19,20-12-6-2-7-13-20)21-14-8-3-9-15-21/h1-15,22,25,30H,16-17H2/t22-,25-/m1/s1. The number of nitrogens with one attached hydrogen (secondary N) is 1. The van der Waals surface area contributed by atoms with Crippen LogP contribution in [0.1, 0.15) is 16.7 Å². The monoisotopic (exact) mass is 500 g/mol. The Balaban J connectivity index is 1.62. The lowest BCUT2D eigenvalue weighted by molar-refractivity contribution is -0.148. The third-order valence-corrected chi connectivity index (χ3v) is 8.16. The van der Waals surface area contributed by atoms with E-state index in [1.54, 1.807) is 11.8 Å². The van der Waals surface area contributed by atoms with E-state index in [-0.39, 0.29) is 22.9 Å². The van der Waals surface area contributed by atoms with Gasteiger partial charge in [-0.05, 0) is 22.3 Å². The first-order valence-corrected chi connectivity index (χ1v) is 12.8. The molecule has 174 valence electrons. The molecule has 1 N–H and O–H groups in total. The molecule has 2 atom stereocenters. The van der Waals surface area contributed by atoms with Crippen LogP contribution in [0.3, 0.4) is 0 Å². The molecular formula is C27H22BClN2O3S. The summed E-state index contributed by atoms with van der Waals surface area (Å²) in [5.41, 5.74) is 2.99. The van der Waals surface area contributed by atoms with Crippen LogP contribution in [0.2, 0.25) is 0 Å². The number of hydrogen-bond acceptors (Lipinski definition) is 5. The first kappa shape index (κ1) is 23.7. The third kappa shape index (κ3) is 3.98. The smallest absolute Gasteiger partial charge is 0.378 e. The van der Waals surface area contributed by atoms with Crippen LogP contribution in [0.15, 0.2) is 102 Å². The average molecular weight is 501 g/mol. The van der Waals surface area contributed by atoms with Crippen molar-refractivity contribution in [2.75, 3.05) is 11.6 Å². The number of nitrogens with zero attached hydrogens (tertiary/aromatic N) is 1. The molecule has 2 aliphatic rings. The molecule has 0 aromatic heterocycles. The average Bonchev–Trinajstić information content (AvgIpc) is 2.93. The predicted octanol–water partition coefficient (Wildman–Crippen LogP) is 3.97. The van der Waals surface area contributed by atoms with Crippen LogP contribution in [0.25, 0.3) is 0 Å². The second-order valence-corrected chi connectivity index (χ2v) is 9.74. The summed E-state index contributed by atoms with van der Waals surface area (Å²) in [4.78, 5) is 27.5. The maximum atomic E-state index is 13.6. The van der Waals surface area contributed by atoms with E-state index >= 15 is 0 Å². The SMILES string of the molecule is [B]OC(=O)C1=C(CCl)CS[C@@H]2[C@H](NC(c3ccccc3)(c3ccccc3)c3ccccc3)C(=O)N12. The van der Waals surface area contributed by atoms with Gasteiger partial charge in [-0.2, -0.15) is 0 Å². The zero-order valence-corrected chi connectivity index (χ0v) is 20.3. The number of thioether (sulfide) groups is 1. The quantitative estimate of drug-likeness (QED) is 0.230. The molecule has 2 radical (unpaired) electrons. The largest absolute Gasteiger partial charge is 0.539 e. The van der Waals surface area contributed by atoms with Crippen molar-refractivity contribution in [3.8, 4) is 0 Å². The van der Waals surface area contributed by atoms with Gasteiger partial charge >= 0.3 is 14.0 Å². The van der Waals surface area contributed by atoms with Crippen LogP contribution in [0, 0.1) is 0 Å². The van der Waals surface area contributed by atoms with Gasteiger partial charge in [0.1, 0.15) is 17.1 Å². The second-order valence-electron chi connectivity index (χ2n) is 8.37. The van der Waals surface area contributed by atoms with Crippen LogP contribution in [0.4, 0.5) is 0 Å². The molecule has 3 aromatic carbocycles. The molecule has 3 aromatic rings. The van der Waals surface area contributed by atoms with E-state index in [1.165, 1.54) is 4.90 Å². The van der Waals surface area contributed by atoms with Crippen LogP contribution < -0.4 is 5.32 Å². The Labute approximate surface area is 214 Å². The molecular weight excluding hydrogens is 479 g/mol.